The summed E-state index contributed by atoms with van der Waals surface area (Å²) in [5.41, 5.74) is 1.46. The molecule has 2 fully saturated rings. The number of aromatic nitrogens is 3. The summed E-state index contributed by atoms with van der Waals surface area (Å²) in [6, 6.07) is 12.6. The molecule has 0 spiro atoms. The van der Waals surface area contributed by atoms with Gasteiger partial charge >= 0.3 is 0 Å². The van der Waals surface area contributed by atoms with Gasteiger partial charge < -0.3 is 9.80 Å². The predicted octanol–water partition coefficient (Wildman–Crippen LogP) is 2.62. The number of carbonyl (C=O) groups excluding carboxylic acids is 1. The topological polar surface area (TPSA) is 65.1 Å². The number of pyridine rings is 1. The Hall–Kier alpha value is -3.15. The lowest BCUT2D eigenvalue weighted by Crippen LogP contribution is -2.44. The summed E-state index contributed by atoms with van der Waals surface area (Å²) in [5.74, 6) is 1.05. The Labute approximate surface area is 151 Å². The quantitative estimate of drug-likeness (QED) is 0.582. The number of ketones is 1. The van der Waals surface area contributed by atoms with Crippen LogP contribution in [-0.2, 0) is 0 Å². The lowest BCUT2D eigenvalue weighted by atomic mass is 10.1. The molecule has 3 aromatic rings. The molecule has 6 nitrogen and oxygen atoms in total. The van der Waals surface area contributed by atoms with Crippen LogP contribution in [0.5, 0.6) is 0 Å². The van der Waals surface area contributed by atoms with E-state index in [2.05, 4.69) is 31.0 Å². The number of carbonyl (C=O) groups is 1. The highest BCUT2D eigenvalue weighted by Crippen LogP contribution is 2.33. The van der Waals surface area contributed by atoms with E-state index in [0.29, 0.717) is 17.6 Å². The summed E-state index contributed by atoms with van der Waals surface area (Å²) in [4.78, 5) is 21.8. The summed E-state index contributed by atoms with van der Waals surface area (Å²) >= 11 is 0. The van der Waals surface area contributed by atoms with Gasteiger partial charge in [0.15, 0.2) is 5.78 Å². The Kier molecular flexibility index (Phi) is 3.48. The second-order valence-electron chi connectivity index (χ2n) is 6.90. The summed E-state index contributed by atoms with van der Waals surface area (Å²) in [7, 11) is 0. The van der Waals surface area contributed by atoms with Crippen molar-refractivity contribution in [2.45, 2.75) is 18.5 Å². The van der Waals surface area contributed by atoms with E-state index < -0.39 is 0 Å². The largest absolute Gasteiger partial charge is 0.370 e. The van der Waals surface area contributed by atoms with Gasteiger partial charge in [-0.3, -0.25) is 9.89 Å². The minimum atomic E-state index is 0.00389. The number of para-hydroxylation sites is 1. The van der Waals surface area contributed by atoms with Crippen LogP contribution in [0.15, 0.2) is 61.1 Å². The molecule has 6 heteroatoms. The SMILES string of the molecule is O=C(/C=C/N1C[C@H]2C[C@@H]1CN2c1ccccn1)c1cccc2cn[nH]c12. The van der Waals surface area contributed by atoms with Gasteiger partial charge in [0.05, 0.1) is 11.7 Å². The van der Waals surface area contributed by atoms with Crippen molar-refractivity contribution in [2.75, 3.05) is 18.0 Å². The van der Waals surface area contributed by atoms with Gasteiger partial charge in [-0.2, -0.15) is 5.10 Å². The summed E-state index contributed by atoms with van der Waals surface area (Å²) in [6.07, 6.45) is 8.33. The molecule has 0 radical (unpaired) electrons. The number of H-pyrrole nitrogens is 1. The second-order valence-corrected chi connectivity index (χ2v) is 6.90. The predicted molar refractivity (Wildman–Crippen MR) is 100 cm³/mol. The molecular formula is C20H19N5O. The Morgan fingerprint density at radius 2 is 2.12 bits per heavy atom. The number of piperazine rings is 1. The zero-order valence-corrected chi connectivity index (χ0v) is 14.2. The third-order valence-electron chi connectivity index (χ3n) is 5.39. The zero-order valence-electron chi connectivity index (χ0n) is 14.2. The molecule has 5 rings (SSSR count). The van der Waals surface area contributed by atoms with Crippen molar-refractivity contribution < 1.29 is 4.79 Å². The highest BCUT2D eigenvalue weighted by atomic mass is 16.1. The summed E-state index contributed by atoms with van der Waals surface area (Å²) in [5, 5.41) is 7.90. The molecule has 2 aromatic heterocycles. The van der Waals surface area contributed by atoms with Crippen molar-refractivity contribution in [2.24, 2.45) is 0 Å². The molecule has 26 heavy (non-hydrogen) atoms. The van der Waals surface area contributed by atoms with Crippen molar-refractivity contribution in [3.8, 4) is 0 Å². The standard InChI is InChI=1S/C20H19N5O/c26-18(17-5-3-4-14-11-22-23-20(14)17)7-9-24-12-16-10-15(24)13-25(16)19-6-1-2-8-21-19/h1-9,11,15-16H,10,12-13H2,(H,22,23)/b9-7+/t15-,16-/m1/s1. The number of benzene rings is 1. The monoisotopic (exact) mass is 345 g/mol. The minimum Gasteiger partial charge on any atom is -0.370 e. The van der Waals surface area contributed by atoms with Crippen LogP contribution in [0.2, 0.25) is 0 Å². The Bertz CT molecular complexity index is 980. The number of nitrogens with one attached hydrogen (secondary N) is 1. The molecule has 2 aliphatic rings. The maximum atomic E-state index is 12.6. The number of likely N-dealkylation sites (tertiary alicyclic amines) is 1. The van der Waals surface area contributed by atoms with E-state index in [-0.39, 0.29) is 5.78 Å². The molecule has 0 unspecified atom stereocenters. The first-order valence-electron chi connectivity index (χ1n) is 8.87. The van der Waals surface area contributed by atoms with Crippen LogP contribution in [0, 0.1) is 0 Å². The Morgan fingerprint density at radius 3 is 2.92 bits per heavy atom. The van der Waals surface area contributed by atoms with Crippen molar-refractivity contribution in [3.63, 3.8) is 0 Å². The van der Waals surface area contributed by atoms with Crippen LogP contribution in [0.3, 0.4) is 0 Å². The van der Waals surface area contributed by atoms with Crippen molar-refractivity contribution in [1.29, 1.82) is 0 Å². The van der Waals surface area contributed by atoms with Gasteiger partial charge in [0, 0.05) is 54.6 Å². The van der Waals surface area contributed by atoms with Crippen LogP contribution in [0.1, 0.15) is 16.8 Å². The average molecular weight is 345 g/mol. The van der Waals surface area contributed by atoms with E-state index in [9.17, 15) is 4.79 Å². The van der Waals surface area contributed by atoms with E-state index in [1.54, 1.807) is 12.3 Å². The van der Waals surface area contributed by atoms with E-state index in [1.807, 2.05) is 42.7 Å². The number of rotatable bonds is 4. The third-order valence-corrected chi connectivity index (χ3v) is 5.39. The van der Waals surface area contributed by atoms with Crippen LogP contribution in [0.25, 0.3) is 10.9 Å². The first-order chi connectivity index (χ1) is 12.8. The maximum Gasteiger partial charge on any atom is 0.189 e. The Balaban J connectivity index is 1.30. The molecule has 2 saturated heterocycles. The molecule has 0 saturated carbocycles. The zero-order chi connectivity index (χ0) is 17.5. The molecule has 2 aliphatic heterocycles. The molecule has 2 bridgehead atoms. The second kappa shape index (κ2) is 5.98. The van der Waals surface area contributed by atoms with Crippen molar-refractivity contribution >= 4 is 22.5 Å². The molecule has 130 valence electrons. The highest BCUT2D eigenvalue weighted by molar-refractivity contribution is 6.12. The molecule has 2 atom stereocenters. The van der Waals surface area contributed by atoms with Crippen LogP contribution in [0.4, 0.5) is 5.82 Å². The van der Waals surface area contributed by atoms with E-state index in [0.717, 1.165) is 36.2 Å². The fourth-order valence-electron chi connectivity index (χ4n) is 4.11. The Morgan fingerprint density at radius 1 is 1.15 bits per heavy atom. The van der Waals surface area contributed by atoms with Gasteiger partial charge in [0.25, 0.3) is 0 Å². The maximum absolute atomic E-state index is 12.6. The fraction of sp³-hybridized carbons (Fsp3) is 0.250. The smallest absolute Gasteiger partial charge is 0.189 e. The lowest BCUT2D eigenvalue weighted by Gasteiger charge is -2.34. The van der Waals surface area contributed by atoms with E-state index >= 15 is 0 Å². The first kappa shape index (κ1) is 15.1. The molecule has 0 amide bonds. The highest BCUT2D eigenvalue weighted by Gasteiger charge is 2.42. The number of anilines is 1. The number of hydrogen-bond donors (Lipinski definition) is 1. The van der Waals surface area contributed by atoms with Crippen molar-refractivity contribution in [1.82, 2.24) is 20.1 Å². The van der Waals surface area contributed by atoms with Gasteiger partial charge in [-0.25, -0.2) is 4.98 Å². The van der Waals surface area contributed by atoms with Gasteiger partial charge in [0.1, 0.15) is 5.82 Å². The van der Waals surface area contributed by atoms with Gasteiger partial charge in [-0.1, -0.05) is 18.2 Å². The van der Waals surface area contributed by atoms with Gasteiger partial charge in [-0.15, -0.1) is 0 Å². The normalized spacial score (nSPS) is 22.0. The minimum absolute atomic E-state index is 0.00389. The van der Waals surface area contributed by atoms with Gasteiger partial charge in [0.2, 0.25) is 0 Å². The van der Waals surface area contributed by atoms with Gasteiger partial charge in [-0.05, 0) is 24.6 Å². The average Bonchev–Trinajstić information content (AvgIpc) is 3.41. The third kappa shape index (κ3) is 2.45. The number of nitrogens with zero attached hydrogens (tertiary/aromatic N) is 4. The lowest BCUT2D eigenvalue weighted by molar-refractivity contribution is 0.104. The molecule has 1 N–H and O–H groups in total. The molecule has 0 aliphatic carbocycles. The number of fused-ring (bicyclic) bond motifs is 3. The van der Waals surface area contributed by atoms with Crippen LogP contribution >= 0.6 is 0 Å². The first-order valence-corrected chi connectivity index (χ1v) is 8.87. The summed E-state index contributed by atoms with van der Waals surface area (Å²) in [6.45, 7) is 1.88. The number of hydrogen-bond acceptors (Lipinski definition) is 5. The molecule has 1 aromatic carbocycles. The van der Waals surface area contributed by atoms with E-state index in [1.165, 1.54) is 0 Å². The number of allylic oxidation sites excluding steroid dienone is 1. The van der Waals surface area contributed by atoms with Crippen LogP contribution < -0.4 is 4.90 Å². The van der Waals surface area contributed by atoms with Crippen LogP contribution in [-0.4, -0.2) is 51.0 Å². The number of aromatic amines is 1. The van der Waals surface area contributed by atoms with E-state index in [4.69, 9.17) is 0 Å². The molecular weight excluding hydrogens is 326 g/mol. The molecule has 4 heterocycles. The fourth-order valence-corrected chi connectivity index (χ4v) is 4.11. The van der Waals surface area contributed by atoms with Crippen molar-refractivity contribution in [3.05, 3.63) is 66.6 Å². The summed E-state index contributed by atoms with van der Waals surface area (Å²) < 4.78 is 0.